The third-order valence-corrected chi connectivity index (χ3v) is 4.78. The van der Waals surface area contributed by atoms with Crippen molar-refractivity contribution in [3.63, 3.8) is 0 Å². The van der Waals surface area contributed by atoms with Crippen LogP contribution in [-0.2, 0) is 9.53 Å². The van der Waals surface area contributed by atoms with Crippen LogP contribution in [0.3, 0.4) is 0 Å². The molecule has 0 bridgehead atoms. The Balaban J connectivity index is 1.97. The quantitative estimate of drug-likeness (QED) is 0.341. The highest BCUT2D eigenvalue weighted by Crippen LogP contribution is 2.26. The highest BCUT2D eigenvalue weighted by Gasteiger charge is 2.26. The number of aliphatic imine (C=N–C) groups is 1. The number of esters is 1. The first-order valence-corrected chi connectivity index (χ1v) is 8.13. The van der Waals surface area contributed by atoms with Crippen LogP contribution in [0.5, 0.6) is 0 Å². The molecule has 2 aromatic rings. The summed E-state index contributed by atoms with van der Waals surface area (Å²) in [7, 11) is 0. The number of nitro benzene ring substituents is 1. The van der Waals surface area contributed by atoms with Crippen molar-refractivity contribution in [3.8, 4) is 0 Å². The van der Waals surface area contributed by atoms with Gasteiger partial charge in [-0.25, -0.2) is 9.79 Å². The summed E-state index contributed by atoms with van der Waals surface area (Å²) < 4.78 is 6.04. The van der Waals surface area contributed by atoms with Gasteiger partial charge < -0.3 is 4.74 Å². The topological polar surface area (TPSA) is 81.8 Å². The molecule has 2 heterocycles. The number of halogens is 1. The van der Waals surface area contributed by atoms with Gasteiger partial charge in [0.1, 0.15) is 0 Å². The molecule has 1 aromatic heterocycles. The second kappa shape index (κ2) is 6.05. The number of carbonyl (C=O) groups excluding carboxylic acids is 1. The smallest absolute Gasteiger partial charge is 0.363 e. The number of hydrogen-bond acceptors (Lipinski definition) is 6. The number of aryl methyl sites for hydroxylation is 1. The maximum Gasteiger partial charge on any atom is 0.363 e. The molecule has 0 saturated carbocycles. The Labute approximate surface area is 143 Å². The molecule has 0 fully saturated rings. The molecule has 23 heavy (non-hydrogen) atoms. The van der Waals surface area contributed by atoms with E-state index in [1.807, 2.05) is 11.4 Å². The fourth-order valence-corrected chi connectivity index (χ4v) is 3.38. The van der Waals surface area contributed by atoms with E-state index in [2.05, 4.69) is 20.9 Å². The largest absolute Gasteiger partial charge is 0.402 e. The number of carbonyl (C=O) groups is 1. The van der Waals surface area contributed by atoms with Gasteiger partial charge >= 0.3 is 5.97 Å². The van der Waals surface area contributed by atoms with Crippen LogP contribution in [0.25, 0.3) is 6.08 Å². The van der Waals surface area contributed by atoms with E-state index in [4.69, 9.17) is 4.74 Å². The molecule has 0 N–H and O–H groups in total. The minimum Gasteiger partial charge on any atom is -0.402 e. The zero-order chi connectivity index (χ0) is 16.6. The monoisotopic (exact) mass is 392 g/mol. The lowest BCUT2D eigenvalue weighted by Crippen LogP contribution is -2.06. The maximum absolute atomic E-state index is 11.9. The number of cyclic esters (lactones) is 1. The first kappa shape index (κ1) is 15.6. The van der Waals surface area contributed by atoms with Gasteiger partial charge in [0.2, 0.25) is 5.90 Å². The zero-order valence-electron chi connectivity index (χ0n) is 11.8. The van der Waals surface area contributed by atoms with E-state index in [0.29, 0.717) is 11.1 Å². The molecule has 0 radical (unpaired) electrons. The Bertz CT molecular complexity index is 885. The fraction of sp³-hybridized carbons (Fsp3) is 0.0667. The summed E-state index contributed by atoms with van der Waals surface area (Å²) >= 11 is 4.79. The van der Waals surface area contributed by atoms with Gasteiger partial charge in [-0.05, 0) is 41.1 Å². The molecule has 1 aliphatic rings. The van der Waals surface area contributed by atoms with Crippen molar-refractivity contribution < 1.29 is 14.5 Å². The van der Waals surface area contributed by atoms with Crippen LogP contribution >= 0.6 is 27.3 Å². The molecule has 0 aliphatic carbocycles. The first-order valence-electron chi connectivity index (χ1n) is 6.46. The molecule has 8 heteroatoms. The highest BCUT2D eigenvalue weighted by atomic mass is 79.9. The van der Waals surface area contributed by atoms with Crippen LogP contribution in [0.15, 0.2) is 44.8 Å². The molecule has 1 aromatic carbocycles. The molecule has 116 valence electrons. The van der Waals surface area contributed by atoms with Gasteiger partial charge in [-0.2, -0.15) is 0 Å². The standard InChI is InChI=1S/C15H9BrN2O4S/c1-8-2-3-9(4-13(8)18(20)21)14-17-12(15(19)22-14)6-11-5-10(16)7-23-11/h2-7H,1H3. The Kier molecular flexibility index (Phi) is 4.10. The molecule has 0 amide bonds. The minimum absolute atomic E-state index is 0.0409. The van der Waals surface area contributed by atoms with Gasteiger partial charge in [0.15, 0.2) is 5.70 Å². The number of nitro groups is 1. The molecule has 0 spiro atoms. The Morgan fingerprint density at radius 1 is 1.39 bits per heavy atom. The van der Waals surface area contributed by atoms with Gasteiger partial charge in [-0.1, -0.05) is 6.07 Å². The molecular weight excluding hydrogens is 384 g/mol. The van der Waals surface area contributed by atoms with Crippen molar-refractivity contribution >= 4 is 50.9 Å². The predicted octanol–water partition coefficient (Wildman–Crippen LogP) is 4.07. The molecule has 0 atom stereocenters. The number of thiophene rings is 1. The summed E-state index contributed by atoms with van der Waals surface area (Å²) in [6.07, 6.45) is 1.62. The Morgan fingerprint density at radius 2 is 2.17 bits per heavy atom. The van der Waals surface area contributed by atoms with Crippen molar-refractivity contribution in [2.75, 3.05) is 0 Å². The zero-order valence-corrected chi connectivity index (χ0v) is 14.2. The molecule has 6 nitrogen and oxygen atoms in total. The van der Waals surface area contributed by atoms with Crippen LogP contribution < -0.4 is 0 Å². The highest BCUT2D eigenvalue weighted by molar-refractivity contribution is 9.10. The van der Waals surface area contributed by atoms with Crippen LogP contribution in [0.1, 0.15) is 16.0 Å². The van der Waals surface area contributed by atoms with Gasteiger partial charge in [-0.15, -0.1) is 11.3 Å². The average molecular weight is 393 g/mol. The van der Waals surface area contributed by atoms with Crippen molar-refractivity contribution in [1.29, 1.82) is 0 Å². The maximum atomic E-state index is 11.9. The Hall–Kier alpha value is -2.32. The van der Waals surface area contributed by atoms with Crippen LogP contribution in [0.2, 0.25) is 0 Å². The number of ether oxygens (including phenoxy) is 1. The van der Waals surface area contributed by atoms with Crippen molar-refractivity contribution in [2.24, 2.45) is 4.99 Å². The van der Waals surface area contributed by atoms with E-state index in [1.165, 1.54) is 17.4 Å². The fourth-order valence-electron chi connectivity index (χ4n) is 2.01. The van der Waals surface area contributed by atoms with E-state index >= 15 is 0 Å². The summed E-state index contributed by atoms with van der Waals surface area (Å²) in [6.45, 7) is 1.64. The Morgan fingerprint density at radius 3 is 2.83 bits per heavy atom. The first-order chi connectivity index (χ1) is 10.9. The molecular formula is C15H9BrN2O4S. The molecule has 1 aliphatic heterocycles. The second-order valence-electron chi connectivity index (χ2n) is 4.76. The van der Waals surface area contributed by atoms with E-state index < -0.39 is 10.9 Å². The van der Waals surface area contributed by atoms with Crippen molar-refractivity contribution in [2.45, 2.75) is 6.92 Å². The van der Waals surface area contributed by atoms with Crippen LogP contribution in [0, 0.1) is 17.0 Å². The summed E-state index contributed by atoms with van der Waals surface area (Å²) in [4.78, 5) is 27.4. The van der Waals surface area contributed by atoms with Gasteiger partial charge in [0.05, 0.1) is 4.92 Å². The lowest BCUT2D eigenvalue weighted by atomic mass is 10.1. The number of nitrogens with zero attached hydrogens (tertiary/aromatic N) is 2. The van der Waals surface area contributed by atoms with E-state index in [0.717, 1.165) is 9.35 Å². The van der Waals surface area contributed by atoms with Gasteiger partial charge in [-0.3, -0.25) is 10.1 Å². The third kappa shape index (κ3) is 3.22. The van der Waals surface area contributed by atoms with Crippen LogP contribution in [0.4, 0.5) is 5.69 Å². The van der Waals surface area contributed by atoms with E-state index in [9.17, 15) is 14.9 Å². The van der Waals surface area contributed by atoms with Crippen molar-refractivity contribution in [1.82, 2.24) is 0 Å². The summed E-state index contributed by atoms with van der Waals surface area (Å²) in [6, 6.07) is 6.45. The normalized spacial score (nSPS) is 15.7. The van der Waals surface area contributed by atoms with Crippen molar-refractivity contribution in [3.05, 3.63) is 65.9 Å². The van der Waals surface area contributed by atoms with E-state index in [-0.39, 0.29) is 17.3 Å². The molecule has 0 saturated heterocycles. The molecule has 0 unspecified atom stereocenters. The number of benzene rings is 1. The minimum atomic E-state index is -0.576. The third-order valence-electron chi connectivity index (χ3n) is 3.14. The van der Waals surface area contributed by atoms with Gasteiger partial charge in [0, 0.05) is 31.9 Å². The SMILES string of the molecule is Cc1ccc(C2=NC(=Cc3cc(Br)cs3)C(=O)O2)cc1[N+](=O)[O-]. The molecule has 3 rings (SSSR count). The summed E-state index contributed by atoms with van der Waals surface area (Å²) in [5, 5.41) is 12.9. The predicted molar refractivity (Wildman–Crippen MR) is 90.5 cm³/mol. The summed E-state index contributed by atoms with van der Waals surface area (Å²) in [5.41, 5.74) is 1.05. The number of hydrogen-bond donors (Lipinski definition) is 0. The average Bonchev–Trinajstić information content (AvgIpc) is 3.06. The van der Waals surface area contributed by atoms with Crippen LogP contribution in [-0.4, -0.2) is 16.8 Å². The lowest BCUT2D eigenvalue weighted by Gasteiger charge is -2.01. The van der Waals surface area contributed by atoms with E-state index in [1.54, 1.807) is 25.1 Å². The van der Waals surface area contributed by atoms with Gasteiger partial charge in [0.25, 0.3) is 5.69 Å². The summed E-state index contributed by atoms with van der Waals surface area (Å²) in [5.74, 6) is -0.507. The number of rotatable bonds is 3. The second-order valence-corrected chi connectivity index (χ2v) is 6.62. The lowest BCUT2D eigenvalue weighted by molar-refractivity contribution is -0.385.